The maximum Gasteiger partial charge on any atom is 0.245 e. The lowest BCUT2D eigenvalue weighted by Crippen LogP contribution is -2.61. The molecule has 3 amide bonds. The largest absolute Gasteiger partial charge is 0.391 e. The van der Waals surface area contributed by atoms with Gasteiger partial charge in [0.1, 0.15) is 18.1 Å². The number of likely N-dealkylation sites (N-methyl/N-ethyl adjacent to an activating group) is 1. The molecule has 54 heavy (non-hydrogen) atoms. The van der Waals surface area contributed by atoms with E-state index >= 15 is 0 Å². The van der Waals surface area contributed by atoms with Crippen LogP contribution >= 0.6 is 11.6 Å². The van der Waals surface area contributed by atoms with Crippen molar-refractivity contribution < 1.29 is 19.5 Å². The first-order valence-corrected chi connectivity index (χ1v) is 19.0. The van der Waals surface area contributed by atoms with Crippen molar-refractivity contribution in [3.63, 3.8) is 0 Å². The average Bonchev–Trinajstić information content (AvgIpc) is 3.79. The fourth-order valence-electron chi connectivity index (χ4n) is 7.82. The standard InChI is InChI=1S/C43H47ClN6O4/c1-47(27-32-16-8-10-18-36(32)44)42(53)38(22-33-24-45-37-19-11-9-17-35(33)37)46-41(52)39-23-34(51)28-50(39)43(54)40-29-48(25-30-12-4-2-5-13-30)20-21-49(40)26-31-14-6-3-7-15-31/h2-19,24,34,38-40,45,51H,20-23,25-29H2,1H3,(H,46,52)/t34-,38?,39?,40?/m1/s1. The van der Waals surface area contributed by atoms with Crippen molar-refractivity contribution in [3.8, 4) is 0 Å². The van der Waals surface area contributed by atoms with Gasteiger partial charge < -0.3 is 25.2 Å². The summed E-state index contributed by atoms with van der Waals surface area (Å²) in [7, 11) is 1.70. The van der Waals surface area contributed by atoms with E-state index in [1.807, 2.05) is 85.1 Å². The van der Waals surface area contributed by atoms with Gasteiger partial charge in [-0.1, -0.05) is 109 Å². The van der Waals surface area contributed by atoms with E-state index in [-0.39, 0.29) is 37.7 Å². The molecule has 11 heteroatoms. The predicted molar refractivity (Wildman–Crippen MR) is 210 cm³/mol. The van der Waals surface area contributed by atoms with Gasteiger partial charge in [0.2, 0.25) is 17.7 Å². The third kappa shape index (κ3) is 8.69. The number of likely N-dealkylation sites (tertiary alicyclic amines) is 1. The number of fused-ring (bicyclic) bond motifs is 1. The predicted octanol–water partition coefficient (Wildman–Crippen LogP) is 4.86. The van der Waals surface area contributed by atoms with Gasteiger partial charge in [-0.3, -0.25) is 24.2 Å². The van der Waals surface area contributed by atoms with Crippen LogP contribution < -0.4 is 5.32 Å². The zero-order chi connectivity index (χ0) is 37.6. The Balaban J connectivity index is 1.13. The highest BCUT2D eigenvalue weighted by Gasteiger charge is 2.44. The van der Waals surface area contributed by atoms with Crippen molar-refractivity contribution in [1.29, 1.82) is 0 Å². The molecule has 4 aromatic carbocycles. The number of halogens is 1. The van der Waals surface area contributed by atoms with E-state index in [1.165, 1.54) is 10.5 Å². The van der Waals surface area contributed by atoms with Crippen LogP contribution in [0, 0.1) is 0 Å². The van der Waals surface area contributed by atoms with Crippen LogP contribution in [0.2, 0.25) is 5.02 Å². The third-order valence-corrected chi connectivity index (χ3v) is 11.0. The summed E-state index contributed by atoms with van der Waals surface area (Å²) in [4.78, 5) is 54.1. The lowest BCUT2D eigenvalue weighted by molar-refractivity contribution is -0.146. The van der Waals surface area contributed by atoms with Crippen molar-refractivity contribution >= 4 is 40.2 Å². The summed E-state index contributed by atoms with van der Waals surface area (Å²) in [6, 6.07) is 33.1. The Hall–Kier alpha value is -5.00. The van der Waals surface area contributed by atoms with Crippen molar-refractivity contribution in [3.05, 3.63) is 143 Å². The highest BCUT2D eigenvalue weighted by atomic mass is 35.5. The Morgan fingerprint density at radius 1 is 0.833 bits per heavy atom. The number of benzene rings is 4. The van der Waals surface area contributed by atoms with Crippen LogP contribution in [0.1, 0.15) is 28.7 Å². The summed E-state index contributed by atoms with van der Waals surface area (Å²) < 4.78 is 0. The minimum atomic E-state index is -0.942. The molecule has 0 bridgehead atoms. The summed E-state index contributed by atoms with van der Waals surface area (Å²) >= 11 is 6.45. The Bertz CT molecular complexity index is 2060. The van der Waals surface area contributed by atoms with Gasteiger partial charge >= 0.3 is 0 Å². The molecule has 2 saturated heterocycles. The first-order chi connectivity index (χ1) is 26.2. The lowest BCUT2D eigenvalue weighted by atomic mass is 10.0. The number of aliphatic hydroxyl groups excluding tert-OH is 1. The van der Waals surface area contributed by atoms with Gasteiger partial charge in [0.25, 0.3) is 0 Å². The van der Waals surface area contributed by atoms with Gasteiger partial charge in [-0.05, 0) is 34.4 Å². The second-order valence-corrected chi connectivity index (χ2v) is 14.9. The summed E-state index contributed by atoms with van der Waals surface area (Å²) in [5.74, 6) is -0.950. The van der Waals surface area contributed by atoms with E-state index in [2.05, 4.69) is 44.4 Å². The van der Waals surface area contributed by atoms with E-state index in [0.29, 0.717) is 31.2 Å². The molecular weight excluding hydrogens is 700 g/mol. The van der Waals surface area contributed by atoms with Gasteiger partial charge in [-0.2, -0.15) is 0 Å². The molecule has 2 aliphatic rings. The van der Waals surface area contributed by atoms with Gasteiger partial charge in [0, 0.05) is 87.8 Å². The molecular formula is C43H47ClN6O4. The minimum absolute atomic E-state index is 0.0404. The Kier molecular flexibility index (Phi) is 11.7. The molecule has 3 N–H and O–H groups in total. The van der Waals surface area contributed by atoms with Crippen LogP contribution in [-0.2, 0) is 40.4 Å². The van der Waals surface area contributed by atoms with Crippen molar-refractivity contribution in [2.75, 3.05) is 33.2 Å². The number of H-pyrrole nitrogens is 1. The molecule has 2 fully saturated rings. The highest BCUT2D eigenvalue weighted by Crippen LogP contribution is 2.26. The van der Waals surface area contributed by atoms with Crippen LogP contribution in [0.5, 0.6) is 0 Å². The molecule has 3 heterocycles. The molecule has 0 saturated carbocycles. The number of rotatable bonds is 12. The van der Waals surface area contributed by atoms with Crippen molar-refractivity contribution in [2.45, 2.75) is 56.7 Å². The van der Waals surface area contributed by atoms with Gasteiger partial charge in [-0.25, -0.2) is 0 Å². The van der Waals surface area contributed by atoms with Crippen LogP contribution in [0.3, 0.4) is 0 Å². The normalized spacial score (nSPS) is 19.8. The molecule has 0 radical (unpaired) electrons. The smallest absolute Gasteiger partial charge is 0.245 e. The van der Waals surface area contributed by atoms with Gasteiger partial charge in [0.15, 0.2) is 0 Å². The molecule has 280 valence electrons. The summed E-state index contributed by atoms with van der Waals surface area (Å²) in [5.41, 5.74) is 4.87. The molecule has 5 aromatic rings. The van der Waals surface area contributed by atoms with E-state index in [4.69, 9.17) is 11.6 Å². The first kappa shape index (κ1) is 37.3. The molecule has 3 unspecified atom stereocenters. The number of aromatic nitrogens is 1. The maximum atomic E-state index is 14.7. The van der Waals surface area contributed by atoms with Crippen LogP contribution in [0.4, 0.5) is 0 Å². The molecule has 10 nitrogen and oxygen atoms in total. The van der Waals surface area contributed by atoms with Crippen LogP contribution in [0.15, 0.2) is 115 Å². The number of amides is 3. The summed E-state index contributed by atoms with van der Waals surface area (Å²) in [5, 5.41) is 15.5. The first-order valence-electron chi connectivity index (χ1n) is 18.6. The second kappa shape index (κ2) is 17.0. The van der Waals surface area contributed by atoms with Gasteiger partial charge in [-0.15, -0.1) is 0 Å². The molecule has 0 spiro atoms. The van der Waals surface area contributed by atoms with E-state index in [9.17, 15) is 19.5 Å². The number of nitrogens with one attached hydrogen (secondary N) is 2. The molecule has 1 aromatic heterocycles. The Labute approximate surface area is 321 Å². The zero-order valence-corrected chi connectivity index (χ0v) is 31.2. The SMILES string of the molecule is CN(Cc1ccccc1Cl)C(=O)C(Cc1c[nH]c2ccccc12)NC(=O)C1C[C@@H](O)CN1C(=O)C1CN(Cc2ccccc2)CCN1Cc1ccccc1. The number of nitrogens with zero attached hydrogens (tertiary/aromatic N) is 4. The number of piperazine rings is 1. The van der Waals surface area contributed by atoms with E-state index < -0.39 is 30.1 Å². The quantitative estimate of drug-likeness (QED) is 0.168. The number of hydrogen-bond donors (Lipinski definition) is 3. The molecule has 0 aliphatic carbocycles. The van der Waals surface area contributed by atoms with Crippen LogP contribution in [-0.4, -0.2) is 105 Å². The second-order valence-electron chi connectivity index (χ2n) is 14.5. The number of carbonyl (C=O) groups is 3. The molecule has 4 atom stereocenters. The summed E-state index contributed by atoms with van der Waals surface area (Å²) in [6.07, 6.45) is 1.31. The Morgan fingerprint density at radius 2 is 1.50 bits per heavy atom. The minimum Gasteiger partial charge on any atom is -0.391 e. The number of hydrogen-bond acceptors (Lipinski definition) is 6. The average molecular weight is 747 g/mol. The van der Waals surface area contributed by atoms with Gasteiger partial charge in [0.05, 0.1) is 6.10 Å². The van der Waals surface area contributed by atoms with Crippen molar-refractivity contribution in [1.82, 2.24) is 29.9 Å². The zero-order valence-electron chi connectivity index (χ0n) is 30.5. The molecule has 7 rings (SSSR count). The van der Waals surface area contributed by atoms with E-state index in [1.54, 1.807) is 18.0 Å². The molecule has 2 aliphatic heterocycles. The van der Waals surface area contributed by atoms with Crippen molar-refractivity contribution in [2.24, 2.45) is 0 Å². The fraction of sp³-hybridized carbons (Fsp3) is 0.326. The van der Waals surface area contributed by atoms with E-state index in [0.717, 1.165) is 34.1 Å². The fourth-order valence-corrected chi connectivity index (χ4v) is 8.01. The lowest BCUT2D eigenvalue weighted by Gasteiger charge is -2.42. The van der Waals surface area contributed by atoms with Crippen LogP contribution in [0.25, 0.3) is 10.9 Å². The number of aliphatic hydroxyl groups is 1. The maximum absolute atomic E-state index is 14.7. The number of aromatic amines is 1. The number of carbonyl (C=O) groups excluding carboxylic acids is 3. The number of β-amino-alcohol motifs (C(OH)–C–C–N with tert-alkyl or cyclic N) is 1. The Morgan fingerprint density at radius 3 is 2.24 bits per heavy atom. The third-order valence-electron chi connectivity index (χ3n) is 10.7. The monoisotopic (exact) mass is 746 g/mol. The summed E-state index contributed by atoms with van der Waals surface area (Å²) in [6.45, 7) is 3.53. The topological polar surface area (TPSA) is 112 Å². The highest BCUT2D eigenvalue weighted by molar-refractivity contribution is 6.31. The number of para-hydroxylation sites is 1.